The normalized spacial score (nSPS) is 13.8. The highest BCUT2D eigenvalue weighted by atomic mass is 19.1. The number of benzene rings is 3. The predicted molar refractivity (Wildman–Crippen MR) is 139 cm³/mol. The lowest BCUT2D eigenvalue weighted by atomic mass is 9.88. The summed E-state index contributed by atoms with van der Waals surface area (Å²) in [6.07, 6.45) is 4.78. The predicted octanol–water partition coefficient (Wildman–Crippen LogP) is 6.62. The van der Waals surface area contributed by atoms with Gasteiger partial charge in [0.2, 0.25) is 17.7 Å². The van der Waals surface area contributed by atoms with Crippen LogP contribution in [-0.2, 0) is 4.79 Å². The van der Waals surface area contributed by atoms with Crippen molar-refractivity contribution in [2.45, 2.75) is 39.0 Å². The van der Waals surface area contributed by atoms with Crippen LogP contribution in [0.1, 0.15) is 48.0 Å². The van der Waals surface area contributed by atoms with E-state index in [0.717, 1.165) is 43.2 Å². The van der Waals surface area contributed by atoms with Crippen molar-refractivity contribution in [1.82, 2.24) is 10.2 Å². The minimum absolute atomic E-state index is 0.0597. The van der Waals surface area contributed by atoms with E-state index < -0.39 is 5.82 Å². The lowest BCUT2D eigenvalue weighted by Crippen LogP contribution is -2.25. The van der Waals surface area contributed by atoms with Gasteiger partial charge in [0, 0.05) is 28.3 Å². The molecule has 1 aromatic heterocycles. The molecule has 1 saturated carbocycles. The number of nitrogens with one attached hydrogen (secondary N) is 2. The summed E-state index contributed by atoms with van der Waals surface area (Å²) < 4.78 is 20.2. The number of anilines is 2. The number of carbonyl (C=O) groups excluding carboxylic acids is 2. The molecule has 0 spiro atoms. The highest BCUT2D eigenvalue weighted by molar-refractivity contribution is 6.05. The van der Waals surface area contributed by atoms with Crippen molar-refractivity contribution in [2.75, 3.05) is 10.6 Å². The van der Waals surface area contributed by atoms with Crippen molar-refractivity contribution in [3.63, 3.8) is 0 Å². The fourth-order valence-corrected chi connectivity index (χ4v) is 4.50. The second kappa shape index (κ2) is 10.7. The maximum atomic E-state index is 14.3. The topological polar surface area (TPSA) is 97.1 Å². The van der Waals surface area contributed by atoms with E-state index in [9.17, 15) is 14.0 Å². The number of nitrogens with zero attached hydrogens (tertiary/aromatic N) is 2. The van der Waals surface area contributed by atoms with Gasteiger partial charge in [-0.05, 0) is 74.4 Å². The molecule has 37 heavy (non-hydrogen) atoms. The van der Waals surface area contributed by atoms with Crippen molar-refractivity contribution < 1.29 is 18.4 Å². The van der Waals surface area contributed by atoms with Crippen LogP contribution in [0.15, 0.2) is 71.1 Å². The van der Waals surface area contributed by atoms with Gasteiger partial charge in [-0.25, -0.2) is 4.39 Å². The molecule has 1 aliphatic rings. The summed E-state index contributed by atoms with van der Waals surface area (Å²) in [4.78, 5) is 25.3. The number of aromatic nitrogens is 2. The van der Waals surface area contributed by atoms with E-state index in [0.29, 0.717) is 28.6 Å². The second-order valence-electron chi connectivity index (χ2n) is 9.33. The molecule has 2 amide bonds. The van der Waals surface area contributed by atoms with E-state index in [4.69, 9.17) is 4.42 Å². The zero-order valence-corrected chi connectivity index (χ0v) is 20.5. The number of aryl methyl sites for hydroxylation is 1. The molecule has 0 atom stereocenters. The summed E-state index contributed by atoms with van der Waals surface area (Å²) in [7, 11) is 0. The average molecular weight is 499 g/mol. The first-order valence-corrected chi connectivity index (χ1v) is 12.4. The molecule has 1 heterocycles. The van der Waals surface area contributed by atoms with Crippen molar-refractivity contribution in [2.24, 2.45) is 5.92 Å². The van der Waals surface area contributed by atoms with Crippen molar-refractivity contribution >= 4 is 23.2 Å². The third-order valence-electron chi connectivity index (χ3n) is 6.54. The Hall–Kier alpha value is -4.33. The van der Waals surface area contributed by atoms with Gasteiger partial charge in [-0.2, -0.15) is 0 Å². The summed E-state index contributed by atoms with van der Waals surface area (Å²) >= 11 is 0. The number of hydrogen-bond donors (Lipinski definition) is 2. The Bertz CT molecular complexity index is 1430. The van der Waals surface area contributed by atoms with Gasteiger partial charge in [-0.1, -0.05) is 37.0 Å². The smallest absolute Gasteiger partial charge is 0.255 e. The Balaban J connectivity index is 1.25. The van der Waals surface area contributed by atoms with Crippen molar-refractivity contribution in [1.29, 1.82) is 0 Å². The molecule has 7 nitrogen and oxygen atoms in total. The third kappa shape index (κ3) is 5.74. The quantitative estimate of drug-likeness (QED) is 0.311. The fourth-order valence-electron chi connectivity index (χ4n) is 4.50. The van der Waals surface area contributed by atoms with Crippen LogP contribution in [0.25, 0.3) is 22.9 Å². The van der Waals surface area contributed by atoms with E-state index in [1.165, 1.54) is 18.2 Å². The van der Waals surface area contributed by atoms with Crippen LogP contribution >= 0.6 is 0 Å². The summed E-state index contributed by atoms with van der Waals surface area (Å²) in [5, 5.41) is 13.7. The number of carbonyl (C=O) groups is 2. The van der Waals surface area contributed by atoms with Crippen LogP contribution in [0.5, 0.6) is 0 Å². The van der Waals surface area contributed by atoms with Gasteiger partial charge in [-0.3, -0.25) is 9.59 Å². The van der Waals surface area contributed by atoms with Crippen LogP contribution in [0.2, 0.25) is 0 Å². The molecule has 0 saturated heterocycles. The van der Waals surface area contributed by atoms with Crippen molar-refractivity contribution in [3.8, 4) is 22.9 Å². The van der Waals surface area contributed by atoms with Crippen molar-refractivity contribution in [3.05, 3.63) is 83.7 Å². The maximum Gasteiger partial charge on any atom is 0.255 e. The van der Waals surface area contributed by atoms with Crippen LogP contribution in [-0.4, -0.2) is 22.0 Å². The standard InChI is InChI=1S/C29H27FN4O3/c1-18-6-5-9-22(16-18)29-34-33-28(37-29)21-12-10-20(11-13-21)26(35)31-23-14-15-24(30)25(17-23)32-27(36)19-7-3-2-4-8-19/h5-6,9-17,19H,2-4,7-8H2,1H3,(H,31,35)(H,32,36). The Morgan fingerprint density at radius 3 is 2.32 bits per heavy atom. The highest BCUT2D eigenvalue weighted by Gasteiger charge is 2.22. The molecular formula is C29H27FN4O3. The highest BCUT2D eigenvalue weighted by Crippen LogP contribution is 2.28. The van der Waals surface area contributed by atoms with Gasteiger partial charge in [0.25, 0.3) is 5.91 Å². The van der Waals surface area contributed by atoms with E-state index in [-0.39, 0.29) is 23.4 Å². The average Bonchev–Trinajstić information content (AvgIpc) is 3.42. The molecule has 2 N–H and O–H groups in total. The van der Waals surface area contributed by atoms with E-state index >= 15 is 0 Å². The molecule has 1 aliphatic carbocycles. The van der Waals surface area contributed by atoms with Gasteiger partial charge >= 0.3 is 0 Å². The molecule has 0 unspecified atom stereocenters. The first-order chi connectivity index (χ1) is 18.0. The molecule has 4 aromatic rings. The number of hydrogen-bond acceptors (Lipinski definition) is 5. The van der Waals surface area contributed by atoms with Crippen LogP contribution < -0.4 is 10.6 Å². The van der Waals surface area contributed by atoms with Gasteiger partial charge < -0.3 is 15.1 Å². The van der Waals surface area contributed by atoms with Gasteiger partial charge in [-0.15, -0.1) is 10.2 Å². The molecule has 188 valence electrons. The molecule has 5 rings (SSSR count). The zero-order chi connectivity index (χ0) is 25.8. The molecule has 8 heteroatoms. The monoisotopic (exact) mass is 498 g/mol. The van der Waals surface area contributed by atoms with E-state index in [2.05, 4.69) is 20.8 Å². The van der Waals surface area contributed by atoms with Crippen LogP contribution in [0, 0.1) is 18.7 Å². The Labute approximate surface area is 214 Å². The SMILES string of the molecule is Cc1cccc(-c2nnc(-c3ccc(C(=O)Nc4ccc(F)c(NC(=O)C5CCCCC5)c4)cc3)o2)c1. The number of halogens is 1. The zero-order valence-electron chi connectivity index (χ0n) is 20.5. The van der Waals surface area contributed by atoms with Gasteiger partial charge in [0.15, 0.2) is 0 Å². The summed E-state index contributed by atoms with van der Waals surface area (Å²) in [6, 6.07) is 18.7. The third-order valence-corrected chi connectivity index (χ3v) is 6.54. The molecule has 0 bridgehead atoms. The Kier molecular flexibility index (Phi) is 7.07. The largest absolute Gasteiger partial charge is 0.416 e. The minimum atomic E-state index is -0.545. The second-order valence-corrected chi connectivity index (χ2v) is 9.33. The maximum absolute atomic E-state index is 14.3. The molecule has 0 radical (unpaired) electrons. The summed E-state index contributed by atoms with van der Waals surface area (Å²) in [6.45, 7) is 1.99. The molecular weight excluding hydrogens is 471 g/mol. The van der Waals surface area contributed by atoms with Gasteiger partial charge in [0.05, 0.1) is 5.69 Å². The minimum Gasteiger partial charge on any atom is -0.416 e. The molecule has 3 aromatic carbocycles. The fraction of sp³-hybridized carbons (Fsp3) is 0.241. The molecule has 0 aliphatic heterocycles. The Morgan fingerprint density at radius 2 is 1.59 bits per heavy atom. The number of rotatable bonds is 6. The lowest BCUT2D eigenvalue weighted by Gasteiger charge is -2.21. The summed E-state index contributed by atoms with van der Waals surface area (Å²) in [5.41, 5.74) is 3.45. The van der Waals surface area contributed by atoms with E-state index in [1.54, 1.807) is 24.3 Å². The van der Waals surface area contributed by atoms with Crippen LogP contribution in [0.4, 0.5) is 15.8 Å². The summed E-state index contributed by atoms with van der Waals surface area (Å²) in [5.74, 6) is -0.422. The van der Waals surface area contributed by atoms with Gasteiger partial charge in [0.1, 0.15) is 5.82 Å². The van der Waals surface area contributed by atoms with E-state index in [1.807, 2.05) is 31.2 Å². The number of amides is 2. The first-order valence-electron chi connectivity index (χ1n) is 12.4. The Morgan fingerprint density at radius 1 is 0.865 bits per heavy atom. The first kappa shape index (κ1) is 24.4. The molecule has 1 fully saturated rings. The van der Waals surface area contributed by atoms with Crippen LogP contribution in [0.3, 0.4) is 0 Å². The lowest BCUT2D eigenvalue weighted by molar-refractivity contribution is -0.120.